The number of aromatic nitrogens is 3. The van der Waals surface area contributed by atoms with Gasteiger partial charge in [-0.2, -0.15) is 5.10 Å². The van der Waals surface area contributed by atoms with Crippen molar-refractivity contribution in [3.05, 3.63) is 41.3 Å². The smallest absolute Gasteiger partial charge is 0.305 e. The highest BCUT2D eigenvalue weighted by molar-refractivity contribution is 5.94. The maximum Gasteiger partial charge on any atom is 0.305 e. The average molecular weight is 328 g/mol. The molecule has 0 unspecified atom stereocenters. The van der Waals surface area contributed by atoms with Gasteiger partial charge in [0, 0.05) is 11.9 Å². The molecule has 2 N–H and O–H groups in total. The second-order valence-corrected chi connectivity index (χ2v) is 6.40. The first-order valence-corrected chi connectivity index (χ1v) is 7.93. The van der Waals surface area contributed by atoms with Crippen LogP contribution in [0, 0.1) is 13.8 Å². The van der Waals surface area contributed by atoms with E-state index >= 15 is 0 Å². The number of nitrogens with one attached hydrogen (secondary N) is 1. The molecule has 0 aliphatic heterocycles. The van der Waals surface area contributed by atoms with Gasteiger partial charge in [0.25, 0.3) is 5.91 Å². The molecule has 2 heterocycles. The SMILES string of the molecule is Cc1cc(C)n(-c2ccc(C(=O)NC3(CC(=O)O)CCC3)cn2)n1. The van der Waals surface area contributed by atoms with Crippen LogP contribution in [-0.4, -0.2) is 37.3 Å². The summed E-state index contributed by atoms with van der Waals surface area (Å²) in [4.78, 5) is 27.7. The van der Waals surface area contributed by atoms with Crippen molar-refractivity contribution in [3.8, 4) is 5.82 Å². The van der Waals surface area contributed by atoms with Crippen LogP contribution >= 0.6 is 0 Å². The van der Waals surface area contributed by atoms with Crippen molar-refractivity contribution >= 4 is 11.9 Å². The van der Waals surface area contributed by atoms with Gasteiger partial charge in [0.05, 0.1) is 23.2 Å². The van der Waals surface area contributed by atoms with Gasteiger partial charge < -0.3 is 10.4 Å². The predicted molar refractivity (Wildman–Crippen MR) is 87.1 cm³/mol. The number of aryl methyl sites for hydroxylation is 2. The lowest BCUT2D eigenvalue weighted by Gasteiger charge is -2.41. The Kier molecular flexibility index (Phi) is 4.09. The molecular weight excluding hydrogens is 308 g/mol. The van der Waals surface area contributed by atoms with Crippen LogP contribution in [0.2, 0.25) is 0 Å². The Bertz CT molecular complexity index is 776. The number of carbonyl (C=O) groups is 2. The van der Waals surface area contributed by atoms with Crippen LogP contribution in [0.25, 0.3) is 5.82 Å². The van der Waals surface area contributed by atoms with Gasteiger partial charge in [0.15, 0.2) is 5.82 Å². The second kappa shape index (κ2) is 6.07. The molecule has 2 aromatic heterocycles. The van der Waals surface area contributed by atoms with Gasteiger partial charge in [0.2, 0.25) is 0 Å². The van der Waals surface area contributed by atoms with Gasteiger partial charge in [-0.25, -0.2) is 9.67 Å². The maximum atomic E-state index is 12.4. The Balaban J connectivity index is 1.74. The van der Waals surface area contributed by atoms with Crippen molar-refractivity contribution in [3.63, 3.8) is 0 Å². The van der Waals surface area contributed by atoms with Crippen molar-refractivity contribution in [1.82, 2.24) is 20.1 Å². The van der Waals surface area contributed by atoms with Crippen LogP contribution in [0.4, 0.5) is 0 Å². The van der Waals surface area contributed by atoms with Crippen LogP contribution < -0.4 is 5.32 Å². The van der Waals surface area contributed by atoms with Gasteiger partial charge >= 0.3 is 5.97 Å². The third kappa shape index (κ3) is 3.15. The van der Waals surface area contributed by atoms with E-state index in [2.05, 4.69) is 15.4 Å². The highest BCUT2D eigenvalue weighted by atomic mass is 16.4. The molecule has 7 heteroatoms. The van der Waals surface area contributed by atoms with Crippen molar-refractivity contribution in [1.29, 1.82) is 0 Å². The van der Waals surface area contributed by atoms with Crippen LogP contribution in [0.1, 0.15) is 47.4 Å². The Morgan fingerprint density at radius 2 is 2.08 bits per heavy atom. The molecule has 7 nitrogen and oxygen atoms in total. The van der Waals surface area contributed by atoms with E-state index in [9.17, 15) is 9.59 Å². The molecule has 24 heavy (non-hydrogen) atoms. The fourth-order valence-corrected chi connectivity index (χ4v) is 3.06. The van der Waals surface area contributed by atoms with E-state index in [1.54, 1.807) is 16.8 Å². The molecule has 1 saturated carbocycles. The molecule has 0 spiro atoms. The standard InChI is InChI=1S/C17H20N4O3/c1-11-8-12(2)21(20-11)14-5-4-13(10-18-14)16(24)19-17(6-3-7-17)9-15(22)23/h4-5,8,10H,3,6-7,9H2,1-2H3,(H,19,24)(H,22,23). The number of carbonyl (C=O) groups excluding carboxylic acids is 1. The maximum absolute atomic E-state index is 12.4. The van der Waals surface area contributed by atoms with Crippen LogP contribution in [0.5, 0.6) is 0 Å². The van der Waals surface area contributed by atoms with Gasteiger partial charge in [-0.3, -0.25) is 9.59 Å². The molecule has 1 aliphatic rings. The summed E-state index contributed by atoms with van der Waals surface area (Å²) in [7, 11) is 0. The number of hydrogen-bond donors (Lipinski definition) is 2. The van der Waals surface area contributed by atoms with Gasteiger partial charge in [-0.05, 0) is 51.3 Å². The lowest BCUT2D eigenvalue weighted by Crippen LogP contribution is -2.54. The second-order valence-electron chi connectivity index (χ2n) is 6.40. The highest BCUT2D eigenvalue weighted by Crippen LogP contribution is 2.35. The number of aliphatic carboxylic acids is 1. The fourth-order valence-electron chi connectivity index (χ4n) is 3.06. The van der Waals surface area contributed by atoms with Crippen LogP contribution in [0.15, 0.2) is 24.4 Å². The molecule has 0 bridgehead atoms. The van der Waals surface area contributed by atoms with Crippen LogP contribution in [-0.2, 0) is 4.79 Å². The first-order chi connectivity index (χ1) is 11.4. The van der Waals surface area contributed by atoms with Crippen LogP contribution in [0.3, 0.4) is 0 Å². The number of carboxylic acid groups (broad SMARTS) is 1. The number of carboxylic acids is 1. The number of amides is 1. The molecule has 0 radical (unpaired) electrons. The summed E-state index contributed by atoms with van der Waals surface area (Å²) >= 11 is 0. The van der Waals surface area contributed by atoms with Gasteiger partial charge in [-0.1, -0.05) is 0 Å². The van der Waals surface area contributed by atoms with E-state index in [0.717, 1.165) is 17.8 Å². The van der Waals surface area contributed by atoms with Crippen molar-refractivity contribution in [2.24, 2.45) is 0 Å². The minimum Gasteiger partial charge on any atom is -0.481 e. The Hall–Kier alpha value is -2.70. The minimum atomic E-state index is -0.895. The first-order valence-electron chi connectivity index (χ1n) is 7.93. The normalized spacial score (nSPS) is 15.6. The third-order valence-electron chi connectivity index (χ3n) is 4.42. The van der Waals surface area contributed by atoms with Gasteiger partial charge in [0.1, 0.15) is 0 Å². The number of hydrogen-bond acceptors (Lipinski definition) is 4. The average Bonchev–Trinajstić information content (AvgIpc) is 2.83. The zero-order chi connectivity index (χ0) is 17.3. The van der Waals surface area contributed by atoms with E-state index in [1.165, 1.54) is 6.20 Å². The summed E-state index contributed by atoms with van der Waals surface area (Å²) in [5.41, 5.74) is 1.66. The number of pyridine rings is 1. The number of rotatable bonds is 5. The molecule has 0 atom stereocenters. The van der Waals surface area contributed by atoms with E-state index in [4.69, 9.17) is 5.11 Å². The largest absolute Gasteiger partial charge is 0.481 e. The molecule has 1 fully saturated rings. The Morgan fingerprint density at radius 1 is 1.33 bits per heavy atom. The molecule has 0 aromatic carbocycles. The van der Waals surface area contributed by atoms with E-state index in [0.29, 0.717) is 24.2 Å². The summed E-state index contributed by atoms with van der Waals surface area (Å²) in [5, 5.41) is 16.2. The fraction of sp³-hybridized carbons (Fsp3) is 0.412. The summed E-state index contributed by atoms with van der Waals surface area (Å²) in [6, 6.07) is 5.37. The van der Waals surface area contributed by atoms with Crippen molar-refractivity contribution < 1.29 is 14.7 Å². The zero-order valence-electron chi connectivity index (χ0n) is 13.7. The molecule has 3 rings (SSSR count). The molecular formula is C17H20N4O3. The Labute approximate surface area is 139 Å². The Morgan fingerprint density at radius 3 is 2.54 bits per heavy atom. The molecule has 2 aromatic rings. The number of nitrogens with zero attached hydrogens (tertiary/aromatic N) is 3. The topological polar surface area (TPSA) is 97.1 Å². The van der Waals surface area contributed by atoms with E-state index < -0.39 is 11.5 Å². The predicted octanol–water partition coefficient (Wildman–Crippen LogP) is 2.01. The summed E-state index contributed by atoms with van der Waals surface area (Å²) < 4.78 is 1.72. The molecule has 0 saturated heterocycles. The third-order valence-corrected chi connectivity index (χ3v) is 4.42. The lowest BCUT2D eigenvalue weighted by molar-refractivity contribution is -0.139. The van der Waals surface area contributed by atoms with Crippen molar-refractivity contribution in [2.45, 2.75) is 45.1 Å². The summed E-state index contributed by atoms with van der Waals surface area (Å²) in [5.74, 6) is -0.544. The molecule has 126 valence electrons. The first kappa shape index (κ1) is 16.2. The van der Waals surface area contributed by atoms with Gasteiger partial charge in [-0.15, -0.1) is 0 Å². The highest BCUT2D eigenvalue weighted by Gasteiger charge is 2.40. The lowest BCUT2D eigenvalue weighted by atomic mass is 9.74. The zero-order valence-corrected chi connectivity index (χ0v) is 13.7. The molecule has 1 aliphatic carbocycles. The summed E-state index contributed by atoms with van der Waals surface area (Å²) in [6.45, 7) is 3.85. The molecule has 1 amide bonds. The van der Waals surface area contributed by atoms with E-state index in [1.807, 2.05) is 19.9 Å². The van der Waals surface area contributed by atoms with E-state index in [-0.39, 0.29) is 12.3 Å². The monoisotopic (exact) mass is 328 g/mol. The minimum absolute atomic E-state index is 0.0456. The summed E-state index contributed by atoms with van der Waals surface area (Å²) in [6.07, 6.45) is 3.78. The van der Waals surface area contributed by atoms with Crippen molar-refractivity contribution in [2.75, 3.05) is 0 Å². The quantitative estimate of drug-likeness (QED) is 0.875.